The van der Waals surface area contributed by atoms with Crippen molar-refractivity contribution in [3.8, 4) is 11.5 Å². The third-order valence-electron chi connectivity index (χ3n) is 9.06. The quantitative estimate of drug-likeness (QED) is 0.289. The van der Waals surface area contributed by atoms with E-state index in [-0.39, 0.29) is 22.5 Å². The van der Waals surface area contributed by atoms with Crippen molar-refractivity contribution in [2.24, 2.45) is 0 Å². The second kappa shape index (κ2) is 14.2. The van der Waals surface area contributed by atoms with Crippen LogP contribution in [0.15, 0.2) is 36.4 Å². The fourth-order valence-corrected chi connectivity index (χ4v) is 7.16. The summed E-state index contributed by atoms with van der Waals surface area (Å²) in [7, 11) is 3.36. The summed E-state index contributed by atoms with van der Waals surface area (Å²) in [6.45, 7) is 1.08. The van der Waals surface area contributed by atoms with Gasteiger partial charge in [-0.15, -0.1) is 0 Å². The largest absolute Gasteiger partial charge is 0.493 e. The van der Waals surface area contributed by atoms with Crippen LogP contribution in [0.5, 0.6) is 11.5 Å². The van der Waals surface area contributed by atoms with Crippen molar-refractivity contribution in [2.75, 3.05) is 26.1 Å². The Balaban J connectivity index is 0.000000566. The summed E-state index contributed by atoms with van der Waals surface area (Å²) >= 11 is 5.89. The first-order valence-corrected chi connectivity index (χ1v) is 15.1. The summed E-state index contributed by atoms with van der Waals surface area (Å²) in [5.74, 6) is -1.75. The molecule has 5 rings (SSSR count). The van der Waals surface area contributed by atoms with E-state index >= 15 is 0 Å². The molecule has 2 aromatic rings. The molecule has 242 valence electrons. The summed E-state index contributed by atoms with van der Waals surface area (Å²) in [5, 5.41) is 13.1. The minimum atomic E-state index is -5.08. The molecule has 1 saturated heterocycles. The van der Waals surface area contributed by atoms with Crippen molar-refractivity contribution in [1.29, 1.82) is 0 Å². The van der Waals surface area contributed by atoms with Gasteiger partial charge in [0.25, 0.3) is 0 Å². The Morgan fingerprint density at radius 2 is 1.68 bits per heavy atom. The molecule has 1 heterocycles. The Labute approximate surface area is 259 Å². The van der Waals surface area contributed by atoms with E-state index in [9.17, 15) is 22.4 Å². The lowest BCUT2D eigenvalue weighted by molar-refractivity contribution is -0.192. The van der Waals surface area contributed by atoms with Gasteiger partial charge in [0.1, 0.15) is 5.82 Å². The molecule has 2 saturated carbocycles. The number of anilines is 1. The molecule has 1 aliphatic heterocycles. The first-order valence-electron chi connectivity index (χ1n) is 14.7. The molecule has 8 nitrogen and oxygen atoms in total. The number of urea groups is 1. The number of rotatable bonds is 6. The van der Waals surface area contributed by atoms with E-state index < -0.39 is 18.0 Å². The topological polar surface area (TPSA) is 100 Å². The second-order valence-electron chi connectivity index (χ2n) is 11.5. The molecule has 0 unspecified atom stereocenters. The summed E-state index contributed by atoms with van der Waals surface area (Å²) < 4.78 is 56.4. The van der Waals surface area contributed by atoms with Crippen molar-refractivity contribution >= 4 is 29.3 Å². The van der Waals surface area contributed by atoms with E-state index in [1.54, 1.807) is 14.2 Å². The minimum Gasteiger partial charge on any atom is -0.493 e. The molecule has 0 bridgehead atoms. The van der Waals surface area contributed by atoms with E-state index in [4.69, 9.17) is 31.0 Å². The highest BCUT2D eigenvalue weighted by atomic mass is 35.5. The number of ether oxygens (including phenoxy) is 2. The Kier molecular flexibility index (Phi) is 10.9. The molecule has 2 aromatic carbocycles. The standard InChI is InChI=1S/C29H37ClFN3O3.C2HF3O2/c1-36-25-11-8-19(16-26(25)37-2)29-13-12-21(33-28(35)32-20-9-10-24(31)23(30)17-20)18-27(29)34(15-14-29)22-6-4-3-5-7-22;3-2(4,5)1(6)7/h8-11,16-17,21-22,27H,3-7,12-15,18H2,1-2H3,(H2,32,33,35);(H,6,7)/t21-,27+,29+;/m1./s1. The van der Waals surface area contributed by atoms with Gasteiger partial charge in [0.15, 0.2) is 11.5 Å². The number of hydrogen-bond donors (Lipinski definition) is 3. The number of nitrogens with zero attached hydrogens (tertiary/aromatic N) is 1. The number of alkyl halides is 3. The average Bonchev–Trinajstić information content (AvgIpc) is 3.39. The van der Waals surface area contributed by atoms with E-state index in [1.807, 2.05) is 6.07 Å². The number of methoxy groups -OCH3 is 2. The molecule has 3 N–H and O–H groups in total. The van der Waals surface area contributed by atoms with E-state index in [0.29, 0.717) is 17.8 Å². The first-order chi connectivity index (χ1) is 20.9. The molecule has 2 aliphatic carbocycles. The number of aliphatic carboxylic acids is 1. The number of hydrogen-bond acceptors (Lipinski definition) is 5. The van der Waals surface area contributed by atoms with E-state index in [1.165, 1.54) is 55.9 Å². The zero-order valence-corrected chi connectivity index (χ0v) is 25.4. The van der Waals surface area contributed by atoms with Crippen LogP contribution in [0.3, 0.4) is 0 Å². The van der Waals surface area contributed by atoms with Gasteiger partial charge in [0.05, 0.1) is 19.2 Å². The van der Waals surface area contributed by atoms with Gasteiger partial charge < -0.3 is 25.2 Å². The van der Waals surface area contributed by atoms with Gasteiger partial charge in [-0.1, -0.05) is 36.9 Å². The van der Waals surface area contributed by atoms with Gasteiger partial charge >= 0.3 is 18.2 Å². The number of amides is 2. The number of carboxylic acids is 1. The molecule has 13 heteroatoms. The third kappa shape index (κ3) is 7.69. The normalized spacial score (nSPS) is 24.0. The maximum absolute atomic E-state index is 13.5. The van der Waals surface area contributed by atoms with Crippen molar-refractivity contribution in [3.63, 3.8) is 0 Å². The number of benzene rings is 2. The first kappa shape index (κ1) is 33.6. The van der Waals surface area contributed by atoms with Crippen LogP contribution in [0, 0.1) is 5.82 Å². The van der Waals surface area contributed by atoms with Gasteiger partial charge in [-0.05, 0) is 81.0 Å². The maximum atomic E-state index is 13.5. The van der Waals surface area contributed by atoms with Gasteiger partial charge in [0, 0.05) is 29.2 Å². The molecule has 0 spiro atoms. The van der Waals surface area contributed by atoms with E-state index in [0.717, 1.165) is 43.7 Å². The third-order valence-corrected chi connectivity index (χ3v) is 9.35. The number of likely N-dealkylation sites (tertiary alicyclic amines) is 1. The zero-order chi connectivity index (χ0) is 32.1. The Hall–Kier alpha value is -3.25. The van der Waals surface area contributed by atoms with Crippen molar-refractivity contribution in [1.82, 2.24) is 10.2 Å². The summed E-state index contributed by atoms with van der Waals surface area (Å²) in [6.07, 6.45) is 5.21. The zero-order valence-electron chi connectivity index (χ0n) is 24.7. The van der Waals surface area contributed by atoms with Gasteiger partial charge in [0.2, 0.25) is 0 Å². The van der Waals surface area contributed by atoms with Gasteiger partial charge in [-0.3, -0.25) is 4.90 Å². The predicted octanol–water partition coefficient (Wildman–Crippen LogP) is 7.15. The summed E-state index contributed by atoms with van der Waals surface area (Å²) in [6, 6.07) is 11.3. The highest BCUT2D eigenvalue weighted by Gasteiger charge is 2.53. The van der Waals surface area contributed by atoms with Crippen LogP contribution < -0.4 is 20.1 Å². The smallest absolute Gasteiger partial charge is 0.490 e. The van der Waals surface area contributed by atoms with Crippen LogP contribution in [0.2, 0.25) is 5.02 Å². The van der Waals surface area contributed by atoms with E-state index in [2.05, 4.69) is 27.7 Å². The Morgan fingerprint density at radius 1 is 1.00 bits per heavy atom. The average molecular weight is 644 g/mol. The molecule has 0 aromatic heterocycles. The molecular formula is C31H38ClF4N3O5. The summed E-state index contributed by atoms with van der Waals surface area (Å²) in [5.41, 5.74) is 1.80. The molecule has 3 fully saturated rings. The van der Waals surface area contributed by atoms with Crippen molar-refractivity contribution in [3.05, 3.63) is 52.8 Å². The molecule has 0 radical (unpaired) electrons. The van der Waals surface area contributed by atoms with Crippen LogP contribution in [-0.2, 0) is 10.2 Å². The highest BCUT2D eigenvalue weighted by Crippen LogP contribution is 2.51. The fourth-order valence-electron chi connectivity index (χ4n) is 6.97. The Bertz CT molecular complexity index is 1320. The second-order valence-corrected chi connectivity index (χ2v) is 11.9. The molecule has 2 amide bonds. The lowest BCUT2D eigenvalue weighted by Crippen LogP contribution is -2.55. The number of carbonyl (C=O) groups is 2. The van der Waals surface area contributed by atoms with Crippen LogP contribution in [0.1, 0.15) is 63.4 Å². The number of fused-ring (bicyclic) bond motifs is 1. The predicted molar refractivity (Wildman–Crippen MR) is 158 cm³/mol. The van der Waals surface area contributed by atoms with Crippen LogP contribution in [-0.4, -0.2) is 67.1 Å². The Morgan fingerprint density at radius 3 is 2.30 bits per heavy atom. The number of carboxylic acid groups (broad SMARTS) is 1. The van der Waals surface area contributed by atoms with Crippen molar-refractivity contribution < 1.29 is 41.7 Å². The highest BCUT2D eigenvalue weighted by molar-refractivity contribution is 6.31. The SMILES string of the molecule is COc1ccc([C@@]23CC[C@@H](NC(=O)Nc4ccc(F)c(Cl)c4)C[C@@H]2N(C2CCCCC2)CC3)cc1OC.O=C(O)C(F)(F)F. The van der Waals surface area contributed by atoms with Crippen LogP contribution in [0.4, 0.5) is 28.0 Å². The summed E-state index contributed by atoms with van der Waals surface area (Å²) in [4.78, 5) is 24.5. The minimum absolute atomic E-state index is 0.00995. The number of nitrogens with one attached hydrogen (secondary N) is 2. The monoisotopic (exact) mass is 643 g/mol. The maximum Gasteiger partial charge on any atom is 0.490 e. The van der Waals surface area contributed by atoms with Gasteiger partial charge in [-0.25, -0.2) is 14.0 Å². The lowest BCUT2D eigenvalue weighted by atomic mass is 9.64. The van der Waals surface area contributed by atoms with Crippen LogP contribution in [0.25, 0.3) is 0 Å². The number of halogens is 5. The van der Waals surface area contributed by atoms with Crippen LogP contribution >= 0.6 is 11.6 Å². The van der Waals surface area contributed by atoms with Gasteiger partial charge in [-0.2, -0.15) is 13.2 Å². The van der Waals surface area contributed by atoms with Crippen molar-refractivity contribution in [2.45, 2.75) is 87.5 Å². The molecule has 3 aliphatic rings. The lowest BCUT2D eigenvalue weighted by Gasteiger charge is -2.47. The molecule has 3 atom stereocenters. The fraction of sp³-hybridized carbons (Fsp3) is 0.548. The molecule has 44 heavy (non-hydrogen) atoms. The number of carbonyl (C=O) groups excluding carboxylic acids is 1. The molecular weight excluding hydrogens is 606 g/mol.